The largest absolute Gasteiger partial charge is 0.343 e. The first kappa shape index (κ1) is 16.9. The molecule has 0 aliphatic heterocycles. The third-order valence-electron chi connectivity index (χ3n) is 4.24. The summed E-state index contributed by atoms with van der Waals surface area (Å²) in [7, 11) is 0. The van der Waals surface area contributed by atoms with Crippen molar-refractivity contribution in [2.75, 3.05) is 13.1 Å². The van der Waals surface area contributed by atoms with Crippen LogP contribution in [-0.2, 0) is 11.3 Å². The number of amides is 1. The maximum atomic E-state index is 12.6. The van der Waals surface area contributed by atoms with Gasteiger partial charge in [0.1, 0.15) is 5.39 Å². The van der Waals surface area contributed by atoms with Crippen LogP contribution in [0, 0.1) is 0 Å². The highest BCUT2D eigenvalue weighted by molar-refractivity contribution is 5.76. The van der Waals surface area contributed by atoms with Crippen molar-refractivity contribution < 1.29 is 4.79 Å². The number of fused-ring (bicyclic) bond motifs is 1. The van der Waals surface area contributed by atoms with Gasteiger partial charge < -0.3 is 4.90 Å². The smallest absolute Gasteiger partial charge is 0.264 e. The number of para-hydroxylation sites is 1. The molecule has 7 heteroatoms. The molecule has 0 saturated heterocycles. The van der Waals surface area contributed by atoms with E-state index in [-0.39, 0.29) is 17.9 Å². The molecule has 0 atom stereocenters. The molecule has 0 N–H and O–H groups in total. The fourth-order valence-electron chi connectivity index (χ4n) is 2.82. The lowest BCUT2D eigenvalue weighted by Crippen LogP contribution is -2.32. The fraction of sp³-hybridized carbons (Fsp3) is 0.333. The van der Waals surface area contributed by atoms with Gasteiger partial charge in [-0.3, -0.25) is 14.2 Å². The second kappa shape index (κ2) is 7.29. The highest BCUT2D eigenvalue weighted by atomic mass is 16.2. The zero-order valence-corrected chi connectivity index (χ0v) is 14.4. The van der Waals surface area contributed by atoms with E-state index in [9.17, 15) is 9.59 Å². The van der Waals surface area contributed by atoms with Gasteiger partial charge in [0.15, 0.2) is 5.65 Å². The summed E-state index contributed by atoms with van der Waals surface area (Å²) in [6.07, 6.45) is 3.29. The number of hydrogen-bond acceptors (Lipinski definition) is 4. The van der Waals surface area contributed by atoms with Crippen molar-refractivity contribution in [3.05, 3.63) is 53.2 Å². The summed E-state index contributed by atoms with van der Waals surface area (Å²) in [6, 6.07) is 9.54. The average Bonchev–Trinajstić information content (AvgIpc) is 3.08. The van der Waals surface area contributed by atoms with E-state index >= 15 is 0 Å². The van der Waals surface area contributed by atoms with Crippen molar-refractivity contribution in [3.63, 3.8) is 0 Å². The Hall–Kier alpha value is -2.96. The summed E-state index contributed by atoms with van der Waals surface area (Å²) in [5, 5.41) is 4.73. The van der Waals surface area contributed by atoms with Crippen molar-refractivity contribution in [3.8, 4) is 5.69 Å². The standard InChI is InChI=1S/C18H21N5O2/c1-3-21(4-2)16(24)10-11-22-13-19-17-15(18(22)25)12-20-23(17)14-8-6-5-7-9-14/h5-9,12-13H,3-4,10-11H2,1-2H3. The molecular weight excluding hydrogens is 318 g/mol. The second-order valence-electron chi connectivity index (χ2n) is 5.69. The zero-order valence-electron chi connectivity index (χ0n) is 14.4. The number of aryl methyl sites for hydroxylation is 1. The molecule has 0 saturated carbocycles. The molecular formula is C18H21N5O2. The van der Waals surface area contributed by atoms with E-state index in [4.69, 9.17) is 0 Å². The van der Waals surface area contributed by atoms with E-state index in [1.54, 1.807) is 9.58 Å². The monoisotopic (exact) mass is 339 g/mol. The van der Waals surface area contributed by atoms with Gasteiger partial charge in [-0.25, -0.2) is 9.67 Å². The molecule has 0 aliphatic rings. The van der Waals surface area contributed by atoms with Gasteiger partial charge in [0, 0.05) is 26.1 Å². The molecule has 1 aromatic carbocycles. The normalized spacial score (nSPS) is 11.0. The van der Waals surface area contributed by atoms with Gasteiger partial charge in [0.25, 0.3) is 5.56 Å². The first-order valence-electron chi connectivity index (χ1n) is 8.42. The van der Waals surface area contributed by atoms with Gasteiger partial charge in [0.05, 0.1) is 18.2 Å². The third kappa shape index (κ3) is 3.31. The van der Waals surface area contributed by atoms with Crippen LogP contribution in [0.3, 0.4) is 0 Å². The van der Waals surface area contributed by atoms with E-state index in [1.165, 1.54) is 17.1 Å². The average molecular weight is 339 g/mol. The Labute approximate surface area is 145 Å². The van der Waals surface area contributed by atoms with Crippen LogP contribution < -0.4 is 5.56 Å². The molecule has 0 fully saturated rings. The van der Waals surface area contributed by atoms with E-state index < -0.39 is 0 Å². The van der Waals surface area contributed by atoms with Crippen LogP contribution in [0.5, 0.6) is 0 Å². The Morgan fingerprint density at radius 2 is 1.88 bits per heavy atom. The number of carbonyl (C=O) groups is 1. The van der Waals surface area contributed by atoms with Crippen molar-refractivity contribution in [1.29, 1.82) is 0 Å². The van der Waals surface area contributed by atoms with Crippen LogP contribution in [0.15, 0.2) is 47.7 Å². The van der Waals surface area contributed by atoms with E-state index in [0.29, 0.717) is 30.7 Å². The topological polar surface area (TPSA) is 73.0 Å². The quantitative estimate of drug-likeness (QED) is 0.687. The molecule has 1 amide bonds. The molecule has 25 heavy (non-hydrogen) atoms. The van der Waals surface area contributed by atoms with E-state index in [2.05, 4.69) is 10.1 Å². The minimum Gasteiger partial charge on any atom is -0.343 e. The van der Waals surface area contributed by atoms with Gasteiger partial charge in [-0.2, -0.15) is 5.10 Å². The minimum atomic E-state index is -0.181. The van der Waals surface area contributed by atoms with Crippen molar-refractivity contribution in [2.24, 2.45) is 0 Å². The molecule has 2 aromatic heterocycles. The summed E-state index contributed by atoms with van der Waals surface area (Å²) in [6.45, 7) is 5.54. The van der Waals surface area contributed by atoms with Crippen LogP contribution in [-0.4, -0.2) is 43.2 Å². The number of rotatable bonds is 6. The Morgan fingerprint density at radius 1 is 1.16 bits per heavy atom. The molecule has 0 bridgehead atoms. The SMILES string of the molecule is CCN(CC)C(=O)CCn1cnc2c(cnn2-c2ccccc2)c1=O. The van der Waals surface area contributed by atoms with Crippen LogP contribution in [0.25, 0.3) is 16.7 Å². The first-order chi connectivity index (χ1) is 12.2. The van der Waals surface area contributed by atoms with Gasteiger partial charge in [-0.1, -0.05) is 18.2 Å². The molecule has 0 radical (unpaired) electrons. The zero-order chi connectivity index (χ0) is 17.8. The van der Waals surface area contributed by atoms with Gasteiger partial charge in [-0.05, 0) is 26.0 Å². The van der Waals surface area contributed by atoms with Crippen molar-refractivity contribution in [1.82, 2.24) is 24.2 Å². The number of carbonyl (C=O) groups excluding carboxylic acids is 1. The highest BCUT2D eigenvalue weighted by Gasteiger charge is 2.13. The predicted octanol–water partition coefficient (Wildman–Crippen LogP) is 1.84. The Balaban J connectivity index is 1.87. The van der Waals surface area contributed by atoms with Crippen molar-refractivity contribution >= 4 is 16.9 Å². The van der Waals surface area contributed by atoms with Crippen molar-refractivity contribution in [2.45, 2.75) is 26.8 Å². The molecule has 0 unspecified atom stereocenters. The fourth-order valence-corrected chi connectivity index (χ4v) is 2.82. The summed E-state index contributed by atoms with van der Waals surface area (Å²) in [5.74, 6) is 0.0389. The highest BCUT2D eigenvalue weighted by Crippen LogP contribution is 2.13. The first-order valence-corrected chi connectivity index (χ1v) is 8.42. The lowest BCUT2D eigenvalue weighted by molar-refractivity contribution is -0.131. The summed E-state index contributed by atoms with van der Waals surface area (Å²) in [4.78, 5) is 30.9. The van der Waals surface area contributed by atoms with E-state index in [0.717, 1.165) is 5.69 Å². The Kier molecular flexibility index (Phi) is 4.92. The van der Waals surface area contributed by atoms with Crippen LogP contribution in [0.4, 0.5) is 0 Å². The number of hydrogen-bond donors (Lipinski definition) is 0. The maximum Gasteiger partial charge on any atom is 0.264 e. The number of nitrogens with zero attached hydrogens (tertiary/aromatic N) is 5. The lowest BCUT2D eigenvalue weighted by atomic mass is 10.3. The molecule has 3 aromatic rings. The van der Waals surface area contributed by atoms with E-state index in [1.807, 2.05) is 44.2 Å². The summed E-state index contributed by atoms with van der Waals surface area (Å²) in [5.41, 5.74) is 1.18. The van der Waals surface area contributed by atoms with Gasteiger partial charge in [0.2, 0.25) is 5.91 Å². The predicted molar refractivity (Wildman–Crippen MR) is 95.7 cm³/mol. The third-order valence-corrected chi connectivity index (χ3v) is 4.24. The van der Waals surface area contributed by atoms with Crippen LogP contribution in [0.2, 0.25) is 0 Å². The van der Waals surface area contributed by atoms with Gasteiger partial charge in [-0.15, -0.1) is 0 Å². The number of aromatic nitrogens is 4. The molecule has 0 aliphatic carbocycles. The lowest BCUT2D eigenvalue weighted by Gasteiger charge is -2.18. The molecule has 0 spiro atoms. The van der Waals surface area contributed by atoms with Gasteiger partial charge >= 0.3 is 0 Å². The van der Waals surface area contributed by atoms with Crippen LogP contribution in [0.1, 0.15) is 20.3 Å². The van der Waals surface area contributed by atoms with Crippen LogP contribution >= 0.6 is 0 Å². The molecule has 130 valence electrons. The number of benzene rings is 1. The Morgan fingerprint density at radius 3 is 2.56 bits per heavy atom. The minimum absolute atomic E-state index is 0.0389. The summed E-state index contributed by atoms with van der Waals surface area (Å²) < 4.78 is 3.11. The second-order valence-corrected chi connectivity index (χ2v) is 5.69. The Bertz CT molecular complexity index is 926. The molecule has 3 rings (SSSR count). The maximum absolute atomic E-state index is 12.6. The molecule has 7 nitrogen and oxygen atoms in total. The molecule has 2 heterocycles. The summed E-state index contributed by atoms with van der Waals surface area (Å²) >= 11 is 0.